The van der Waals surface area contributed by atoms with Gasteiger partial charge in [-0.15, -0.1) is 0 Å². The summed E-state index contributed by atoms with van der Waals surface area (Å²) in [6.07, 6.45) is 3.22. The minimum Gasteiger partial charge on any atom is -0.334 e. The predicted molar refractivity (Wildman–Crippen MR) is 72.9 cm³/mol. The van der Waals surface area contributed by atoms with E-state index in [1.807, 2.05) is 4.90 Å². The standard InChI is InChI=1S/C14H22N4O/c1-9(2)8-18(10-3-4-10)14(19)13-11-7-15-6-5-12(11)16-17-13/h9-10,15H,3-8H2,1-2H3,(H,16,17). The highest BCUT2D eigenvalue weighted by Crippen LogP contribution is 2.29. The van der Waals surface area contributed by atoms with E-state index in [9.17, 15) is 4.79 Å². The molecule has 5 nitrogen and oxygen atoms in total. The molecule has 0 unspecified atom stereocenters. The number of hydrogen-bond donors (Lipinski definition) is 2. The molecule has 0 aromatic carbocycles. The highest BCUT2D eigenvalue weighted by Gasteiger charge is 2.35. The Morgan fingerprint density at radius 3 is 2.95 bits per heavy atom. The molecule has 2 aliphatic rings. The molecule has 19 heavy (non-hydrogen) atoms. The lowest BCUT2D eigenvalue weighted by molar-refractivity contribution is 0.0715. The van der Waals surface area contributed by atoms with Crippen LogP contribution >= 0.6 is 0 Å². The van der Waals surface area contributed by atoms with Crippen molar-refractivity contribution < 1.29 is 4.79 Å². The number of hydrogen-bond acceptors (Lipinski definition) is 3. The maximum Gasteiger partial charge on any atom is 0.274 e. The van der Waals surface area contributed by atoms with Crippen LogP contribution < -0.4 is 5.32 Å². The van der Waals surface area contributed by atoms with E-state index in [4.69, 9.17) is 0 Å². The molecule has 1 saturated carbocycles. The Morgan fingerprint density at radius 2 is 2.26 bits per heavy atom. The first-order chi connectivity index (χ1) is 9.16. The lowest BCUT2D eigenvalue weighted by atomic mass is 10.1. The van der Waals surface area contributed by atoms with E-state index in [0.717, 1.165) is 50.2 Å². The molecule has 1 aromatic heterocycles. The number of carbonyl (C=O) groups excluding carboxylic acids is 1. The number of fused-ring (bicyclic) bond motifs is 1. The third-order valence-corrected chi connectivity index (χ3v) is 3.82. The second-order valence-electron chi connectivity index (χ2n) is 6.04. The fraction of sp³-hybridized carbons (Fsp3) is 0.714. The van der Waals surface area contributed by atoms with Gasteiger partial charge < -0.3 is 10.2 Å². The Labute approximate surface area is 113 Å². The van der Waals surface area contributed by atoms with Gasteiger partial charge in [0.25, 0.3) is 5.91 Å². The normalized spacial score (nSPS) is 18.5. The quantitative estimate of drug-likeness (QED) is 0.860. The number of nitrogens with zero attached hydrogens (tertiary/aromatic N) is 2. The summed E-state index contributed by atoms with van der Waals surface area (Å²) in [5.41, 5.74) is 2.84. The second kappa shape index (κ2) is 4.96. The zero-order chi connectivity index (χ0) is 13.4. The SMILES string of the molecule is CC(C)CN(C(=O)c1n[nH]c2c1CNCC2)C1CC1. The molecule has 2 heterocycles. The average Bonchev–Trinajstić information content (AvgIpc) is 3.14. The summed E-state index contributed by atoms with van der Waals surface area (Å²) < 4.78 is 0. The van der Waals surface area contributed by atoms with Crippen molar-refractivity contribution in [2.45, 2.75) is 45.7 Å². The number of carbonyl (C=O) groups is 1. The molecule has 0 bridgehead atoms. The first-order valence-corrected chi connectivity index (χ1v) is 7.24. The van der Waals surface area contributed by atoms with Crippen molar-refractivity contribution in [1.82, 2.24) is 20.4 Å². The van der Waals surface area contributed by atoms with Gasteiger partial charge in [-0.1, -0.05) is 13.8 Å². The van der Waals surface area contributed by atoms with Crippen LogP contribution in [0, 0.1) is 5.92 Å². The van der Waals surface area contributed by atoms with E-state index < -0.39 is 0 Å². The van der Waals surface area contributed by atoms with Crippen LogP contribution in [0.5, 0.6) is 0 Å². The van der Waals surface area contributed by atoms with Crippen molar-refractivity contribution in [3.63, 3.8) is 0 Å². The number of aromatic amines is 1. The number of H-pyrrole nitrogens is 1. The molecular formula is C14H22N4O. The molecule has 2 N–H and O–H groups in total. The molecule has 0 saturated heterocycles. The van der Waals surface area contributed by atoms with Crippen molar-refractivity contribution in [3.05, 3.63) is 17.0 Å². The van der Waals surface area contributed by atoms with E-state index in [-0.39, 0.29) is 5.91 Å². The molecule has 0 atom stereocenters. The molecule has 1 amide bonds. The van der Waals surface area contributed by atoms with Gasteiger partial charge >= 0.3 is 0 Å². The van der Waals surface area contributed by atoms with E-state index in [1.165, 1.54) is 0 Å². The molecular weight excluding hydrogens is 240 g/mol. The maximum absolute atomic E-state index is 12.7. The van der Waals surface area contributed by atoms with E-state index in [2.05, 4.69) is 29.4 Å². The Morgan fingerprint density at radius 1 is 1.47 bits per heavy atom. The molecule has 1 aromatic rings. The minimum atomic E-state index is 0.109. The van der Waals surface area contributed by atoms with Gasteiger partial charge in [-0.25, -0.2) is 0 Å². The fourth-order valence-electron chi connectivity index (χ4n) is 2.72. The number of aromatic nitrogens is 2. The Balaban J connectivity index is 1.83. The number of nitrogens with one attached hydrogen (secondary N) is 2. The summed E-state index contributed by atoms with van der Waals surface area (Å²) in [5, 5.41) is 10.6. The smallest absolute Gasteiger partial charge is 0.274 e. The minimum absolute atomic E-state index is 0.109. The topological polar surface area (TPSA) is 61.0 Å². The Bertz CT molecular complexity index is 476. The van der Waals surface area contributed by atoms with Gasteiger partial charge in [-0.3, -0.25) is 9.89 Å². The fourth-order valence-corrected chi connectivity index (χ4v) is 2.72. The predicted octanol–water partition coefficient (Wildman–Crippen LogP) is 1.32. The van der Waals surface area contributed by atoms with Crippen LogP contribution in [0.2, 0.25) is 0 Å². The molecule has 104 valence electrons. The Kier molecular flexibility index (Phi) is 3.31. The van der Waals surface area contributed by atoms with E-state index >= 15 is 0 Å². The number of rotatable bonds is 4. The lowest BCUT2D eigenvalue weighted by Crippen LogP contribution is -2.37. The van der Waals surface area contributed by atoms with Crippen LogP contribution in [-0.2, 0) is 13.0 Å². The summed E-state index contributed by atoms with van der Waals surface area (Å²) in [4.78, 5) is 14.7. The summed E-state index contributed by atoms with van der Waals surface area (Å²) in [6.45, 7) is 6.86. The van der Waals surface area contributed by atoms with Crippen LogP contribution in [-0.4, -0.2) is 40.1 Å². The average molecular weight is 262 g/mol. The molecule has 1 aliphatic heterocycles. The molecule has 5 heteroatoms. The van der Waals surface area contributed by atoms with Gasteiger partial charge in [0.15, 0.2) is 5.69 Å². The highest BCUT2D eigenvalue weighted by atomic mass is 16.2. The summed E-state index contributed by atoms with van der Waals surface area (Å²) in [5.74, 6) is 0.606. The van der Waals surface area contributed by atoms with Crippen LogP contribution in [0.3, 0.4) is 0 Å². The second-order valence-corrected chi connectivity index (χ2v) is 6.04. The van der Waals surface area contributed by atoms with E-state index in [0.29, 0.717) is 17.7 Å². The van der Waals surface area contributed by atoms with Gasteiger partial charge in [0.05, 0.1) is 0 Å². The van der Waals surface area contributed by atoms with Gasteiger partial charge in [-0.05, 0) is 18.8 Å². The molecule has 1 fully saturated rings. The largest absolute Gasteiger partial charge is 0.334 e. The first-order valence-electron chi connectivity index (χ1n) is 7.24. The zero-order valence-corrected chi connectivity index (χ0v) is 11.7. The third kappa shape index (κ3) is 2.52. The molecule has 0 radical (unpaired) electrons. The molecule has 1 aliphatic carbocycles. The van der Waals surface area contributed by atoms with Gasteiger partial charge in [0.1, 0.15) is 0 Å². The van der Waals surface area contributed by atoms with Gasteiger partial charge in [-0.2, -0.15) is 5.10 Å². The number of amides is 1. The monoisotopic (exact) mass is 262 g/mol. The lowest BCUT2D eigenvalue weighted by Gasteiger charge is -2.24. The van der Waals surface area contributed by atoms with Crippen molar-refractivity contribution in [1.29, 1.82) is 0 Å². The van der Waals surface area contributed by atoms with E-state index in [1.54, 1.807) is 0 Å². The zero-order valence-electron chi connectivity index (χ0n) is 11.7. The van der Waals surface area contributed by atoms with Gasteiger partial charge in [0.2, 0.25) is 0 Å². The first kappa shape index (κ1) is 12.7. The van der Waals surface area contributed by atoms with Crippen molar-refractivity contribution in [2.24, 2.45) is 5.92 Å². The third-order valence-electron chi connectivity index (χ3n) is 3.82. The van der Waals surface area contributed by atoms with Crippen LogP contribution in [0.25, 0.3) is 0 Å². The Hall–Kier alpha value is -1.36. The summed E-state index contributed by atoms with van der Waals surface area (Å²) in [6, 6.07) is 0.443. The molecule has 3 rings (SSSR count). The van der Waals surface area contributed by atoms with Crippen molar-refractivity contribution in [2.75, 3.05) is 13.1 Å². The summed E-state index contributed by atoms with van der Waals surface area (Å²) in [7, 11) is 0. The summed E-state index contributed by atoms with van der Waals surface area (Å²) >= 11 is 0. The van der Waals surface area contributed by atoms with Crippen LogP contribution in [0.4, 0.5) is 0 Å². The van der Waals surface area contributed by atoms with Gasteiger partial charge in [0, 0.05) is 43.4 Å². The van der Waals surface area contributed by atoms with Crippen LogP contribution in [0.15, 0.2) is 0 Å². The highest BCUT2D eigenvalue weighted by molar-refractivity contribution is 5.94. The van der Waals surface area contributed by atoms with Crippen LogP contribution in [0.1, 0.15) is 48.4 Å². The van der Waals surface area contributed by atoms with Crippen molar-refractivity contribution >= 4 is 5.91 Å². The maximum atomic E-state index is 12.7. The van der Waals surface area contributed by atoms with Crippen molar-refractivity contribution in [3.8, 4) is 0 Å². The molecule has 0 spiro atoms.